The van der Waals surface area contributed by atoms with E-state index < -0.39 is 29.5 Å². The second kappa shape index (κ2) is 22.3. The summed E-state index contributed by atoms with van der Waals surface area (Å²) in [5.74, 6) is -2.02. The minimum atomic E-state index is -0.713. The lowest BCUT2D eigenvalue weighted by Crippen LogP contribution is -2.36. The van der Waals surface area contributed by atoms with Crippen molar-refractivity contribution in [2.75, 3.05) is 13.1 Å². The number of nitrogens with one attached hydrogen (secondary N) is 1. The molecule has 0 aliphatic rings. The van der Waals surface area contributed by atoms with Crippen LogP contribution in [0.4, 0.5) is 13.6 Å². The van der Waals surface area contributed by atoms with E-state index in [1.807, 2.05) is 36.7 Å². The molecule has 0 aliphatic heterocycles. The van der Waals surface area contributed by atoms with Crippen molar-refractivity contribution < 1.29 is 37.4 Å². The van der Waals surface area contributed by atoms with Gasteiger partial charge in [-0.3, -0.25) is 9.59 Å². The number of nitrogens with zero attached hydrogens (tertiary/aromatic N) is 2. The van der Waals surface area contributed by atoms with Crippen LogP contribution >= 0.6 is 47.5 Å². The highest BCUT2D eigenvalue weighted by Gasteiger charge is 2.17. The Kier molecular flexibility index (Phi) is 19.8. The first-order chi connectivity index (χ1) is 23.2. The largest absolute Gasteiger partial charge is 0.460 e. The molecule has 0 aliphatic carbocycles. The second-order valence-corrected chi connectivity index (χ2v) is 14.1. The Hall–Kier alpha value is -3.69. The Balaban J connectivity index is 0.000000509. The first-order valence-electron chi connectivity index (χ1n) is 15.6. The van der Waals surface area contributed by atoms with Crippen LogP contribution in [0.15, 0.2) is 47.2 Å². The van der Waals surface area contributed by atoms with E-state index in [-0.39, 0.29) is 62.5 Å². The summed E-state index contributed by atoms with van der Waals surface area (Å²) in [4.78, 5) is 42.9. The van der Waals surface area contributed by atoms with Gasteiger partial charge in [-0.2, -0.15) is 0 Å². The van der Waals surface area contributed by atoms with E-state index in [2.05, 4.69) is 15.3 Å². The average Bonchev–Trinajstić information content (AvgIpc) is 3.67. The molecule has 0 unspecified atom stereocenters. The van der Waals surface area contributed by atoms with Crippen molar-refractivity contribution in [3.05, 3.63) is 102 Å². The molecule has 16 heteroatoms. The molecule has 0 bridgehead atoms. The molecule has 2 heterocycles. The molecule has 51 heavy (non-hydrogen) atoms. The number of halogens is 4. The van der Waals surface area contributed by atoms with Gasteiger partial charge in [-0.05, 0) is 83.6 Å². The van der Waals surface area contributed by atoms with Crippen molar-refractivity contribution in [3.63, 3.8) is 0 Å². The summed E-state index contributed by atoms with van der Waals surface area (Å²) in [6, 6.07) is 9.82. The molecule has 0 fully saturated rings. The smallest absolute Gasteiger partial charge is 0.408 e. The number of aryl methyl sites for hydroxylation is 6. The maximum absolute atomic E-state index is 14.2. The molecule has 0 saturated heterocycles. The number of benzene rings is 2. The lowest BCUT2D eigenvalue weighted by molar-refractivity contribution is -0.144. The van der Waals surface area contributed by atoms with Crippen molar-refractivity contribution in [3.8, 4) is 0 Å². The zero-order valence-electron chi connectivity index (χ0n) is 29.1. The SMILES string of the molecule is Cc1nc(CCc2ccc(COC(=O)CN)c(F)c2)cs1.Cc1nc(CCc2ccc(COC(=O)CNC(=O)OC(C)(C)C)c(F)c2)cs1.Cl.Cl. The fourth-order valence-corrected chi connectivity index (χ4v) is 5.50. The van der Waals surface area contributed by atoms with E-state index in [1.165, 1.54) is 12.1 Å². The lowest BCUT2D eigenvalue weighted by Gasteiger charge is -2.19. The van der Waals surface area contributed by atoms with Crippen LogP contribution in [0.3, 0.4) is 0 Å². The number of carbonyl (C=O) groups excluding carboxylic acids is 3. The monoisotopic (exact) mass is 788 g/mol. The van der Waals surface area contributed by atoms with Gasteiger partial charge in [0.1, 0.15) is 37.0 Å². The fraction of sp³-hybridized carbons (Fsp3) is 0.400. The predicted molar refractivity (Wildman–Crippen MR) is 199 cm³/mol. The molecule has 0 spiro atoms. The summed E-state index contributed by atoms with van der Waals surface area (Å²) >= 11 is 3.21. The van der Waals surface area contributed by atoms with E-state index in [1.54, 1.807) is 55.6 Å². The van der Waals surface area contributed by atoms with Crippen molar-refractivity contribution in [2.45, 2.75) is 79.1 Å². The summed E-state index contributed by atoms with van der Waals surface area (Å²) in [5, 5.41) is 8.37. The number of alkyl carbamates (subject to hydrolysis) is 1. The van der Waals surface area contributed by atoms with Gasteiger partial charge in [0.2, 0.25) is 0 Å². The molecule has 4 aromatic rings. The number of amides is 1. The molecule has 1 amide bonds. The molecule has 0 saturated carbocycles. The maximum atomic E-state index is 14.2. The van der Waals surface area contributed by atoms with Crippen LogP contribution in [-0.2, 0) is 62.7 Å². The van der Waals surface area contributed by atoms with E-state index >= 15 is 0 Å². The first-order valence-corrected chi connectivity index (χ1v) is 17.3. The summed E-state index contributed by atoms with van der Waals surface area (Å²) in [5.41, 5.74) is 8.87. The number of carbonyl (C=O) groups is 3. The van der Waals surface area contributed by atoms with Crippen LogP contribution in [0.5, 0.6) is 0 Å². The molecule has 0 atom stereocenters. The molecule has 4 rings (SSSR count). The molecule has 10 nitrogen and oxygen atoms in total. The third kappa shape index (κ3) is 17.4. The number of aromatic nitrogens is 2. The molecule has 0 radical (unpaired) electrons. The number of hydrogen-bond acceptors (Lipinski definition) is 11. The summed E-state index contributed by atoms with van der Waals surface area (Å²) in [6.45, 7) is 8.23. The van der Waals surface area contributed by atoms with Gasteiger partial charge in [-0.25, -0.2) is 23.5 Å². The van der Waals surface area contributed by atoms with Gasteiger partial charge < -0.3 is 25.3 Å². The van der Waals surface area contributed by atoms with Gasteiger partial charge in [0.05, 0.1) is 27.9 Å². The third-order valence-corrected chi connectivity index (χ3v) is 8.27. The highest BCUT2D eigenvalue weighted by atomic mass is 35.5. The topological polar surface area (TPSA) is 143 Å². The van der Waals surface area contributed by atoms with Crippen molar-refractivity contribution in [1.29, 1.82) is 0 Å². The maximum Gasteiger partial charge on any atom is 0.408 e. The van der Waals surface area contributed by atoms with Crippen LogP contribution in [-0.4, -0.2) is 46.7 Å². The molecule has 3 N–H and O–H groups in total. The van der Waals surface area contributed by atoms with Crippen molar-refractivity contribution >= 4 is 65.5 Å². The van der Waals surface area contributed by atoms with Gasteiger partial charge in [0.25, 0.3) is 0 Å². The zero-order chi connectivity index (χ0) is 36.0. The van der Waals surface area contributed by atoms with Crippen LogP contribution in [0.2, 0.25) is 0 Å². The number of rotatable bonds is 13. The second-order valence-electron chi connectivity index (χ2n) is 11.9. The molecule has 280 valence electrons. The van der Waals surface area contributed by atoms with E-state index in [9.17, 15) is 23.2 Å². The third-order valence-electron chi connectivity index (χ3n) is 6.63. The zero-order valence-corrected chi connectivity index (χ0v) is 32.4. The highest BCUT2D eigenvalue weighted by molar-refractivity contribution is 7.09. The van der Waals surface area contributed by atoms with Gasteiger partial charge in [0.15, 0.2) is 0 Å². The summed E-state index contributed by atoms with van der Waals surface area (Å²) in [7, 11) is 0. The number of ether oxygens (including phenoxy) is 3. The average molecular weight is 790 g/mol. The standard InChI is InChI=1S/C20H25FN2O4S.C15H17FN2O2S.2ClH/c1-13-23-16(12-28-13)8-6-14-5-7-15(17(21)9-14)11-26-18(24)10-22-19(25)27-20(2,3)4;1-10-18-13(9-21-10)5-3-11-2-4-12(14(16)6-11)8-20-15(19)7-17;;/h5,7,9,12H,6,8,10-11H2,1-4H3,(H,22,25);2,4,6,9H,3,5,7-8,17H2,1H3;2*1H. The molecular formula is C35H44Cl2F2N4O6S2. The highest BCUT2D eigenvalue weighted by Crippen LogP contribution is 2.17. The van der Waals surface area contributed by atoms with E-state index in [4.69, 9.17) is 19.9 Å². The molecule has 2 aromatic heterocycles. The van der Waals surface area contributed by atoms with Crippen LogP contribution in [0, 0.1) is 25.5 Å². The molecular weight excluding hydrogens is 745 g/mol. The Labute approximate surface area is 317 Å². The lowest BCUT2D eigenvalue weighted by atomic mass is 10.1. The van der Waals surface area contributed by atoms with Gasteiger partial charge >= 0.3 is 18.0 Å². The number of esters is 2. The Morgan fingerprint density at radius 2 is 1.22 bits per heavy atom. The molecule has 2 aromatic carbocycles. The Morgan fingerprint density at radius 3 is 1.59 bits per heavy atom. The summed E-state index contributed by atoms with van der Waals surface area (Å²) < 4.78 is 43.0. The number of hydrogen-bond donors (Lipinski definition) is 2. The van der Waals surface area contributed by atoms with E-state index in [0.717, 1.165) is 51.8 Å². The van der Waals surface area contributed by atoms with Gasteiger partial charge in [-0.15, -0.1) is 47.5 Å². The summed E-state index contributed by atoms with van der Waals surface area (Å²) in [6.07, 6.45) is 2.22. The number of thiazole rings is 2. The quantitative estimate of drug-likeness (QED) is 0.107. The Bertz CT molecular complexity index is 1720. The Morgan fingerprint density at radius 1 is 0.765 bits per heavy atom. The van der Waals surface area contributed by atoms with Crippen LogP contribution in [0.1, 0.15) is 64.4 Å². The number of nitrogens with two attached hydrogens (primary N) is 1. The van der Waals surface area contributed by atoms with Gasteiger partial charge in [-0.1, -0.05) is 24.3 Å². The van der Waals surface area contributed by atoms with E-state index in [0.29, 0.717) is 12.0 Å². The minimum absolute atomic E-state index is 0. The van der Waals surface area contributed by atoms with Crippen LogP contribution < -0.4 is 11.1 Å². The normalized spacial score (nSPS) is 10.5. The fourth-order valence-electron chi connectivity index (χ4n) is 4.20. The van der Waals surface area contributed by atoms with Crippen LogP contribution in [0.25, 0.3) is 0 Å². The van der Waals surface area contributed by atoms with Crippen molar-refractivity contribution in [1.82, 2.24) is 15.3 Å². The van der Waals surface area contributed by atoms with Gasteiger partial charge in [0, 0.05) is 21.9 Å². The minimum Gasteiger partial charge on any atom is -0.460 e. The van der Waals surface area contributed by atoms with Crippen molar-refractivity contribution in [2.24, 2.45) is 5.73 Å². The first kappa shape index (κ1) is 45.3. The predicted octanol–water partition coefficient (Wildman–Crippen LogP) is 7.17.